The van der Waals surface area contributed by atoms with Gasteiger partial charge in [-0.3, -0.25) is 4.79 Å². The van der Waals surface area contributed by atoms with Gasteiger partial charge in [0.05, 0.1) is 5.56 Å². The molecule has 0 saturated carbocycles. The molecule has 0 bridgehead atoms. The number of nitrogens with one attached hydrogen (secondary N) is 1. The molecule has 1 aliphatic carbocycles. The second-order valence-electron chi connectivity index (χ2n) is 6.33. The van der Waals surface area contributed by atoms with E-state index in [1.165, 1.54) is 16.7 Å². The van der Waals surface area contributed by atoms with Crippen LogP contribution in [0.1, 0.15) is 27.9 Å². The second-order valence-corrected chi connectivity index (χ2v) is 7.50. The molecule has 1 N–H and O–H groups in total. The van der Waals surface area contributed by atoms with Gasteiger partial charge in [0.25, 0.3) is 5.91 Å². The van der Waals surface area contributed by atoms with Crippen molar-refractivity contribution < 1.29 is 4.79 Å². The van der Waals surface area contributed by atoms with Crippen molar-refractivity contribution in [3.8, 4) is 11.1 Å². The lowest BCUT2D eigenvalue weighted by atomic mass is 9.90. The lowest BCUT2D eigenvalue weighted by molar-refractivity contribution is 0.102. The number of halogens is 1. The standard InChI is InChI=1S/C23H18INO/c24-22-14-4-3-12-21(22)23(26)25-18-10-5-9-17(15-18)20-13-6-8-16-7-1-2-11-19(16)20/h2-6,8-15H,1,7H2,(H,25,26). The molecular weight excluding hydrogens is 433 g/mol. The summed E-state index contributed by atoms with van der Waals surface area (Å²) in [5, 5.41) is 3.03. The topological polar surface area (TPSA) is 29.1 Å². The molecule has 3 aromatic rings. The summed E-state index contributed by atoms with van der Waals surface area (Å²) in [5.41, 5.74) is 6.51. The maximum absolute atomic E-state index is 12.6. The van der Waals surface area contributed by atoms with Gasteiger partial charge in [0.15, 0.2) is 0 Å². The van der Waals surface area contributed by atoms with Gasteiger partial charge in [0.1, 0.15) is 0 Å². The highest BCUT2D eigenvalue weighted by Gasteiger charge is 2.12. The molecule has 0 heterocycles. The molecule has 0 atom stereocenters. The fourth-order valence-corrected chi connectivity index (χ4v) is 3.96. The summed E-state index contributed by atoms with van der Waals surface area (Å²) >= 11 is 2.19. The number of hydrogen-bond donors (Lipinski definition) is 1. The van der Waals surface area contributed by atoms with Gasteiger partial charge in [-0.1, -0.05) is 54.6 Å². The van der Waals surface area contributed by atoms with Crippen LogP contribution in [-0.4, -0.2) is 5.91 Å². The molecule has 128 valence electrons. The summed E-state index contributed by atoms with van der Waals surface area (Å²) in [4.78, 5) is 12.6. The van der Waals surface area contributed by atoms with Crippen molar-refractivity contribution in [1.82, 2.24) is 0 Å². The van der Waals surface area contributed by atoms with E-state index < -0.39 is 0 Å². The molecule has 0 saturated heterocycles. The van der Waals surface area contributed by atoms with Crippen molar-refractivity contribution >= 4 is 40.3 Å². The Morgan fingerprint density at radius 1 is 0.962 bits per heavy atom. The van der Waals surface area contributed by atoms with E-state index in [0.717, 1.165) is 27.7 Å². The van der Waals surface area contributed by atoms with Crippen molar-refractivity contribution in [1.29, 1.82) is 0 Å². The van der Waals surface area contributed by atoms with Gasteiger partial charge < -0.3 is 5.32 Å². The Kier molecular flexibility index (Phi) is 4.89. The highest BCUT2D eigenvalue weighted by Crippen LogP contribution is 2.32. The average molecular weight is 451 g/mol. The number of carbonyl (C=O) groups is 1. The second kappa shape index (κ2) is 7.46. The third-order valence-corrected chi connectivity index (χ3v) is 5.55. The van der Waals surface area contributed by atoms with E-state index in [1.54, 1.807) is 0 Å². The maximum Gasteiger partial charge on any atom is 0.256 e. The number of allylic oxidation sites excluding steroid dienone is 1. The molecule has 3 aromatic carbocycles. The number of hydrogen-bond acceptors (Lipinski definition) is 1. The third-order valence-electron chi connectivity index (χ3n) is 4.61. The molecule has 2 nitrogen and oxygen atoms in total. The first-order valence-corrected chi connectivity index (χ1v) is 9.75. The number of rotatable bonds is 3. The fourth-order valence-electron chi connectivity index (χ4n) is 3.33. The van der Waals surface area contributed by atoms with E-state index in [0.29, 0.717) is 5.56 Å². The van der Waals surface area contributed by atoms with Crippen molar-refractivity contribution in [3.63, 3.8) is 0 Å². The number of aryl methyl sites for hydroxylation is 1. The van der Waals surface area contributed by atoms with Crippen LogP contribution < -0.4 is 5.32 Å². The van der Waals surface area contributed by atoms with Crippen LogP contribution in [-0.2, 0) is 6.42 Å². The number of fused-ring (bicyclic) bond motifs is 1. The van der Waals surface area contributed by atoms with Gasteiger partial charge in [-0.2, -0.15) is 0 Å². The minimum Gasteiger partial charge on any atom is -0.322 e. The molecule has 0 fully saturated rings. The zero-order valence-corrected chi connectivity index (χ0v) is 16.4. The van der Waals surface area contributed by atoms with Crippen molar-refractivity contribution in [2.45, 2.75) is 12.8 Å². The molecular formula is C23H18INO. The molecule has 4 rings (SSSR count). The molecule has 26 heavy (non-hydrogen) atoms. The molecule has 0 aliphatic heterocycles. The van der Waals surface area contributed by atoms with Crippen LogP contribution in [0.5, 0.6) is 0 Å². The first kappa shape index (κ1) is 17.0. The number of benzene rings is 3. The highest BCUT2D eigenvalue weighted by atomic mass is 127. The predicted molar refractivity (Wildman–Crippen MR) is 116 cm³/mol. The third kappa shape index (κ3) is 3.44. The Bertz CT molecular complexity index is 1010. The van der Waals surface area contributed by atoms with Crippen LogP contribution >= 0.6 is 22.6 Å². The number of carbonyl (C=O) groups excluding carboxylic acids is 1. The van der Waals surface area contributed by atoms with Crippen LogP contribution in [0.15, 0.2) is 72.8 Å². The summed E-state index contributed by atoms with van der Waals surface area (Å²) in [5.74, 6) is -0.0814. The summed E-state index contributed by atoms with van der Waals surface area (Å²) in [7, 11) is 0. The summed E-state index contributed by atoms with van der Waals surface area (Å²) in [6, 6.07) is 22.1. The van der Waals surface area contributed by atoms with Crippen LogP contribution in [0.25, 0.3) is 17.2 Å². The molecule has 0 radical (unpaired) electrons. The Morgan fingerprint density at radius 3 is 2.69 bits per heavy atom. The minimum atomic E-state index is -0.0814. The lowest BCUT2D eigenvalue weighted by Crippen LogP contribution is -2.13. The SMILES string of the molecule is O=C(Nc1cccc(-c2cccc3c2C=CCC3)c1)c1ccccc1I. The van der Waals surface area contributed by atoms with Crippen molar-refractivity contribution in [2.75, 3.05) is 5.32 Å². The summed E-state index contributed by atoms with van der Waals surface area (Å²) in [6.45, 7) is 0. The maximum atomic E-state index is 12.6. The van der Waals surface area contributed by atoms with Gasteiger partial charge >= 0.3 is 0 Å². The molecule has 0 spiro atoms. The zero-order chi connectivity index (χ0) is 17.9. The summed E-state index contributed by atoms with van der Waals surface area (Å²) < 4.78 is 0.945. The largest absolute Gasteiger partial charge is 0.322 e. The highest BCUT2D eigenvalue weighted by molar-refractivity contribution is 14.1. The average Bonchev–Trinajstić information content (AvgIpc) is 2.68. The monoisotopic (exact) mass is 451 g/mol. The van der Waals surface area contributed by atoms with Crippen LogP contribution in [0.4, 0.5) is 5.69 Å². The van der Waals surface area contributed by atoms with Gasteiger partial charge in [0.2, 0.25) is 0 Å². The van der Waals surface area contributed by atoms with Crippen molar-refractivity contribution in [2.24, 2.45) is 0 Å². The molecule has 1 aliphatic rings. The number of anilines is 1. The Hall–Kier alpha value is -2.40. The minimum absolute atomic E-state index is 0.0814. The Labute approximate surface area is 167 Å². The van der Waals surface area contributed by atoms with Crippen LogP contribution in [0, 0.1) is 3.57 Å². The normalized spacial score (nSPS) is 12.5. The fraction of sp³-hybridized carbons (Fsp3) is 0.0870. The van der Waals surface area contributed by atoms with E-state index >= 15 is 0 Å². The molecule has 0 unspecified atom stereocenters. The van der Waals surface area contributed by atoms with Crippen molar-refractivity contribution in [3.05, 3.63) is 93.1 Å². The van der Waals surface area contributed by atoms with Gasteiger partial charge in [-0.15, -0.1) is 0 Å². The van der Waals surface area contributed by atoms with E-state index in [1.807, 2.05) is 42.5 Å². The Balaban J connectivity index is 1.65. The first-order valence-electron chi connectivity index (χ1n) is 8.67. The van der Waals surface area contributed by atoms with Crippen LogP contribution in [0.3, 0.4) is 0 Å². The molecule has 1 amide bonds. The number of amides is 1. The molecule has 0 aromatic heterocycles. The van der Waals surface area contributed by atoms with E-state index in [9.17, 15) is 4.79 Å². The van der Waals surface area contributed by atoms with E-state index in [4.69, 9.17) is 0 Å². The first-order chi connectivity index (χ1) is 12.7. The quantitative estimate of drug-likeness (QED) is 0.474. The van der Waals surface area contributed by atoms with E-state index in [-0.39, 0.29) is 5.91 Å². The summed E-state index contributed by atoms with van der Waals surface area (Å²) in [6.07, 6.45) is 6.63. The van der Waals surface area contributed by atoms with Crippen LogP contribution in [0.2, 0.25) is 0 Å². The smallest absolute Gasteiger partial charge is 0.256 e. The molecule has 3 heteroatoms. The lowest BCUT2D eigenvalue weighted by Gasteiger charge is -2.16. The predicted octanol–water partition coefficient (Wildman–Crippen LogP) is 6.17. The Morgan fingerprint density at radius 2 is 1.81 bits per heavy atom. The van der Waals surface area contributed by atoms with Gasteiger partial charge in [-0.05, 0) is 82.0 Å². The van der Waals surface area contributed by atoms with E-state index in [2.05, 4.69) is 64.3 Å². The van der Waals surface area contributed by atoms with Gasteiger partial charge in [-0.25, -0.2) is 0 Å². The van der Waals surface area contributed by atoms with Gasteiger partial charge in [0, 0.05) is 9.26 Å². The zero-order valence-electron chi connectivity index (χ0n) is 14.2.